The summed E-state index contributed by atoms with van der Waals surface area (Å²) in [6.45, 7) is 6.07. The monoisotopic (exact) mass is 713 g/mol. The summed E-state index contributed by atoms with van der Waals surface area (Å²) >= 11 is 24.5. The summed E-state index contributed by atoms with van der Waals surface area (Å²) < 4.78 is 8.38. The van der Waals surface area contributed by atoms with E-state index in [-0.39, 0.29) is 17.8 Å². The number of hydrogen-bond acceptors (Lipinski definition) is 4. The van der Waals surface area contributed by atoms with Crippen LogP contribution in [0.15, 0.2) is 60.8 Å². The summed E-state index contributed by atoms with van der Waals surface area (Å²) in [6, 6.07) is 17.4. The minimum Gasteiger partial charge on any atom is -0.489 e. The first-order chi connectivity index (χ1) is 22.6. The number of carbonyl (C=O) groups excluding carboxylic acids is 2. The van der Waals surface area contributed by atoms with Crippen molar-refractivity contribution in [2.45, 2.75) is 83.6 Å². The molecule has 0 saturated carbocycles. The molecule has 6 rings (SSSR count). The average molecular weight is 716 g/mol. The minimum absolute atomic E-state index is 0.00337. The Kier molecular flexibility index (Phi) is 10.7. The number of para-hydroxylation sites is 1. The van der Waals surface area contributed by atoms with Crippen molar-refractivity contribution < 1.29 is 14.3 Å². The Balaban J connectivity index is 1.12. The first-order valence-corrected chi connectivity index (χ1v) is 17.8. The number of halogens is 4. The Morgan fingerprint density at radius 3 is 2.28 bits per heavy atom. The van der Waals surface area contributed by atoms with Gasteiger partial charge in [0.1, 0.15) is 5.75 Å². The number of Topliss-reactive ketones (excluding diaryl/α,β-unsaturated/α-hetero) is 1. The van der Waals surface area contributed by atoms with Crippen LogP contribution in [0.5, 0.6) is 5.75 Å². The number of aryl methyl sites for hydroxylation is 1. The Hall–Kier alpha value is -2.74. The summed E-state index contributed by atoms with van der Waals surface area (Å²) in [5, 5.41) is 5.73. The number of nitrogens with one attached hydrogen (secondary N) is 1. The van der Waals surface area contributed by atoms with Crippen molar-refractivity contribution >= 4 is 69.0 Å². The van der Waals surface area contributed by atoms with Crippen LogP contribution < -0.4 is 10.1 Å². The molecule has 0 spiro atoms. The fraction of sp³-hybridized carbons (Fsp3) is 0.405. The van der Waals surface area contributed by atoms with Crippen molar-refractivity contribution in [3.63, 3.8) is 0 Å². The number of amides is 1. The Morgan fingerprint density at radius 1 is 0.894 bits per heavy atom. The van der Waals surface area contributed by atoms with Gasteiger partial charge in [-0.15, -0.1) is 0 Å². The highest BCUT2D eigenvalue weighted by atomic mass is 35.5. The second-order valence-electron chi connectivity index (χ2n) is 13.1. The van der Waals surface area contributed by atoms with Gasteiger partial charge in [0, 0.05) is 55.3 Å². The van der Waals surface area contributed by atoms with E-state index in [9.17, 15) is 9.59 Å². The van der Waals surface area contributed by atoms with Gasteiger partial charge in [-0.2, -0.15) is 0 Å². The molecule has 248 valence electrons. The molecular formula is C37H39Cl4N3O3. The van der Waals surface area contributed by atoms with Crippen LogP contribution >= 0.6 is 46.4 Å². The van der Waals surface area contributed by atoms with Crippen molar-refractivity contribution in [1.29, 1.82) is 0 Å². The van der Waals surface area contributed by atoms with Crippen LogP contribution in [0.1, 0.15) is 78.7 Å². The molecule has 0 radical (unpaired) electrons. The van der Waals surface area contributed by atoms with Gasteiger partial charge in [0.2, 0.25) is 0 Å². The fourth-order valence-corrected chi connectivity index (χ4v) is 7.97. The topological polar surface area (TPSA) is 63.6 Å². The van der Waals surface area contributed by atoms with Gasteiger partial charge in [-0.05, 0) is 93.8 Å². The van der Waals surface area contributed by atoms with Crippen molar-refractivity contribution in [2.24, 2.45) is 5.92 Å². The number of ether oxygens (including phenoxy) is 1. The van der Waals surface area contributed by atoms with Crippen LogP contribution in [0.2, 0.25) is 20.1 Å². The molecule has 2 aliphatic heterocycles. The van der Waals surface area contributed by atoms with Crippen LogP contribution in [0, 0.1) is 5.92 Å². The van der Waals surface area contributed by atoms with Crippen LogP contribution in [0.3, 0.4) is 0 Å². The van der Waals surface area contributed by atoms with E-state index in [0.29, 0.717) is 62.2 Å². The molecule has 3 heterocycles. The Labute approximate surface area is 296 Å². The van der Waals surface area contributed by atoms with Crippen molar-refractivity contribution in [3.8, 4) is 5.75 Å². The maximum atomic E-state index is 13.5. The maximum absolute atomic E-state index is 13.5. The third-order valence-corrected chi connectivity index (χ3v) is 10.9. The standard InChI is InChI=1S/C37H39Cl4N3O3/c1-22(2)47-35-6-3-5-28-29(37(46)42-20-23-7-11-30(38)32(40)17-23)21-43(36(28)35)13-4-14-44-26-9-10-27(44)16-24(15-26)18-34(45)25-8-12-31(39)33(41)19-25/h3,5-8,11-12,17,19,21-22,24,26-27H,4,9-10,13-16,18,20H2,1-2H3,(H,42,46)/t24?,26-,27+. The molecule has 1 unspecified atom stereocenters. The van der Waals surface area contributed by atoms with Gasteiger partial charge >= 0.3 is 0 Å². The maximum Gasteiger partial charge on any atom is 0.253 e. The number of aromatic nitrogens is 1. The quantitative estimate of drug-likeness (QED) is 0.148. The van der Waals surface area contributed by atoms with E-state index in [1.54, 1.807) is 30.3 Å². The Morgan fingerprint density at radius 2 is 1.60 bits per heavy atom. The molecule has 2 aliphatic rings. The van der Waals surface area contributed by atoms with Gasteiger partial charge in [-0.3, -0.25) is 14.5 Å². The molecule has 3 aromatic carbocycles. The highest BCUT2D eigenvalue weighted by Crippen LogP contribution is 2.41. The molecule has 3 atom stereocenters. The van der Waals surface area contributed by atoms with Gasteiger partial charge in [0.25, 0.3) is 5.91 Å². The summed E-state index contributed by atoms with van der Waals surface area (Å²) in [4.78, 5) is 29.2. The molecule has 10 heteroatoms. The molecular weight excluding hydrogens is 676 g/mol. The highest BCUT2D eigenvalue weighted by molar-refractivity contribution is 6.42. The minimum atomic E-state index is -0.156. The van der Waals surface area contributed by atoms with E-state index >= 15 is 0 Å². The Bertz CT molecular complexity index is 1770. The zero-order chi connectivity index (χ0) is 33.2. The van der Waals surface area contributed by atoms with Crippen LogP contribution in [-0.2, 0) is 13.1 Å². The molecule has 2 bridgehead atoms. The van der Waals surface area contributed by atoms with E-state index in [1.807, 2.05) is 44.3 Å². The first kappa shape index (κ1) is 34.1. The van der Waals surface area contributed by atoms with E-state index < -0.39 is 0 Å². The zero-order valence-electron chi connectivity index (χ0n) is 26.6. The lowest BCUT2D eigenvalue weighted by Crippen LogP contribution is -2.43. The van der Waals surface area contributed by atoms with E-state index in [2.05, 4.69) is 14.8 Å². The van der Waals surface area contributed by atoms with E-state index in [0.717, 1.165) is 54.6 Å². The molecule has 1 N–H and O–H groups in total. The molecule has 6 nitrogen and oxygen atoms in total. The lowest BCUT2D eigenvalue weighted by molar-refractivity contribution is 0.0807. The number of nitrogens with zero attached hydrogens (tertiary/aromatic N) is 2. The number of fused-ring (bicyclic) bond motifs is 3. The zero-order valence-corrected chi connectivity index (χ0v) is 29.6. The van der Waals surface area contributed by atoms with E-state index in [4.69, 9.17) is 51.1 Å². The molecule has 2 saturated heterocycles. The first-order valence-electron chi connectivity index (χ1n) is 16.3. The molecule has 2 fully saturated rings. The second-order valence-corrected chi connectivity index (χ2v) is 14.7. The molecule has 47 heavy (non-hydrogen) atoms. The number of ketones is 1. The van der Waals surface area contributed by atoms with Gasteiger partial charge in [-0.25, -0.2) is 0 Å². The number of rotatable bonds is 12. The van der Waals surface area contributed by atoms with Crippen LogP contribution in [0.4, 0.5) is 0 Å². The fourth-order valence-electron chi connectivity index (χ4n) is 7.35. The average Bonchev–Trinajstić information content (AvgIpc) is 3.52. The number of carbonyl (C=O) groups is 2. The predicted octanol–water partition coefficient (Wildman–Crippen LogP) is 9.88. The lowest BCUT2D eigenvalue weighted by atomic mass is 9.85. The number of piperidine rings is 1. The molecule has 1 amide bonds. The predicted molar refractivity (Wildman–Crippen MR) is 192 cm³/mol. The van der Waals surface area contributed by atoms with Gasteiger partial charge in [0.05, 0.1) is 37.3 Å². The summed E-state index contributed by atoms with van der Waals surface area (Å²) in [5.74, 6) is 1.13. The summed E-state index contributed by atoms with van der Waals surface area (Å²) in [7, 11) is 0. The van der Waals surface area contributed by atoms with Gasteiger partial charge < -0.3 is 14.6 Å². The molecule has 1 aromatic heterocycles. The normalized spacial score (nSPS) is 19.4. The van der Waals surface area contributed by atoms with Crippen molar-refractivity contribution in [1.82, 2.24) is 14.8 Å². The summed E-state index contributed by atoms with van der Waals surface area (Å²) in [5.41, 5.74) is 3.05. The largest absolute Gasteiger partial charge is 0.489 e. The third-order valence-electron chi connectivity index (χ3n) is 9.42. The lowest BCUT2D eigenvalue weighted by Gasteiger charge is -2.39. The van der Waals surface area contributed by atoms with Crippen LogP contribution in [0.25, 0.3) is 10.9 Å². The van der Waals surface area contributed by atoms with Crippen molar-refractivity contribution in [3.05, 3.63) is 97.6 Å². The molecule has 0 aliphatic carbocycles. The van der Waals surface area contributed by atoms with E-state index in [1.165, 1.54) is 12.8 Å². The van der Waals surface area contributed by atoms with Crippen LogP contribution in [-0.4, -0.2) is 45.9 Å². The molecule has 4 aromatic rings. The number of benzene rings is 3. The third kappa shape index (κ3) is 7.79. The summed E-state index contributed by atoms with van der Waals surface area (Å²) in [6.07, 6.45) is 7.84. The SMILES string of the molecule is CC(C)Oc1cccc2c(C(=O)NCc3ccc(Cl)c(Cl)c3)cn(CCCN3[C@@H]4CC[C@H]3CC(CC(=O)c3ccc(Cl)c(Cl)c3)C4)c12. The highest BCUT2D eigenvalue weighted by Gasteiger charge is 2.40. The van der Waals surface area contributed by atoms with Gasteiger partial charge in [-0.1, -0.05) is 64.6 Å². The van der Waals surface area contributed by atoms with Gasteiger partial charge in [0.15, 0.2) is 5.78 Å². The van der Waals surface area contributed by atoms with Crippen molar-refractivity contribution in [2.75, 3.05) is 6.54 Å². The second kappa shape index (κ2) is 14.8. The smallest absolute Gasteiger partial charge is 0.253 e. The number of hydrogen-bond donors (Lipinski definition) is 1.